The Labute approximate surface area is 78.5 Å². The van der Waals surface area contributed by atoms with Crippen molar-refractivity contribution in [2.75, 3.05) is 6.61 Å². The van der Waals surface area contributed by atoms with Crippen LogP contribution in [0.2, 0.25) is 0 Å². The summed E-state index contributed by atoms with van der Waals surface area (Å²) in [5.74, 6) is 0.686. The summed E-state index contributed by atoms with van der Waals surface area (Å²) in [4.78, 5) is 11.1. The van der Waals surface area contributed by atoms with E-state index in [1.165, 1.54) is 0 Å². The topological polar surface area (TPSA) is 49.3 Å². The normalized spacial score (nSPS) is 39.5. The van der Waals surface area contributed by atoms with Crippen molar-refractivity contribution in [2.45, 2.75) is 44.1 Å². The van der Waals surface area contributed by atoms with Crippen LogP contribution in [0.25, 0.3) is 0 Å². The zero-order chi connectivity index (χ0) is 9.31. The molecule has 0 bridgehead atoms. The summed E-state index contributed by atoms with van der Waals surface area (Å²) in [7, 11) is 0. The zero-order valence-electron chi connectivity index (χ0n) is 7.88. The molecule has 1 aliphatic carbocycles. The SMILES string of the molecule is O=C1CCC2(CCC(CO)CC2)N1. The Morgan fingerprint density at radius 2 is 2.08 bits per heavy atom. The molecule has 0 aromatic heterocycles. The van der Waals surface area contributed by atoms with Crippen molar-refractivity contribution in [2.24, 2.45) is 5.92 Å². The van der Waals surface area contributed by atoms with Gasteiger partial charge in [0.15, 0.2) is 0 Å². The van der Waals surface area contributed by atoms with Gasteiger partial charge in [0.05, 0.1) is 0 Å². The van der Waals surface area contributed by atoms with Crippen LogP contribution in [0, 0.1) is 5.92 Å². The Hall–Kier alpha value is -0.570. The molecular weight excluding hydrogens is 166 g/mol. The molecule has 1 spiro atoms. The van der Waals surface area contributed by atoms with Gasteiger partial charge < -0.3 is 10.4 Å². The molecule has 2 aliphatic rings. The quantitative estimate of drug-likeness (QED) is 0.632. The molecule has 3 heteroatoms. The van der Waals surface area contributed by atoms with Crippen molar-refractivity contribution in [3.63, 3.8) is 0 Å². The highest BCUT2D eigenvalue weighted by Crippen LogP contribution is 2.37. The highest BCUT2D eigenvalue weighted by atomic mass is 16.3. The number of aliphatic hydroxyl groups excluding tert-OH is 1. The maximum Gasteiger partial charge on any atom is 0.220 e. The number of rotatable bonds is 1. The standard InChI is InChI=1S/C10H17NO2/c12-7-8-1-4-10(5-2-8)6-3-9(13)11-10/h8,12H,1-7H2,(H,11,13). The van der Waals surface area contributed by atoms with Gasteiger partial charge >= 0.3 is 0 Å². The summed E-state index contributed by atoms with van der Waals surface area (Å²) in [5, 5.41) is 12.1. The molecule has 0 aromatic carbocycles. The number of carbonyl (C=O) groups is 1. The number of aliphatic hydroxyl groups is 1. The third-order valence-electron chi connectivity index (χ3n) is 3.56. The van der Waals surface area contributed by atoms with Crippen molar-refractivity contribution in [3.8, 4) is 0 Å². The van der Waals surface area contributed by atoms with Gasteiger partial charge in [-0.3, -0.25) is 4.79 Å². The number of hydrogen-bond donors (Lipinski definition) is 2. The Morgan fingerprint density at radius 1 is 1.38 bits per heavy atom. The molecule has 2 fully saturated rings. The fourth-order valence-electron chi connectivity index (χ4n) is 2.56. The average molecular weight is 183 g/mol. The van der Waals surface area contributed by atoms with Crippen molar-refractivity contribution >= 4 is 5.91 Å². The molecule has 1 saturated heterocycles. The van der Waals surface area contributed by atoms with E-state index < -0.39 is 0 Å². The molecule has 74 valence electrons. The number of hydrogen-bond acceptors (Lipinski definition) is 2. The van der Waals surface area contributed by atoms with Crippen molar-refractivity contribution in [1.29, 1.82) is 0 Å². The van der Waals surface area contributed by atoms with Gasteiger partial charge in [0.25, 0.3) is 0 Å². The second-order valence-electron chi connectivity index (χ2n) is 4.45. The van der Waals surface area contributed by atoms with Crippen LogP contribution in [0.3, 0.4) is 0 Å². The van der Waals surface area contributed by atoms with E-state index in [1.54, 1.807) is 0 Å². The third kappa shape index (κ3) is 1.70. The zero-order valence-corrected chi connectivity index (χ0v) is 7.88. The molecule has 1 aliphatic heterocycles. The lowest BCUT2D eigenvalue weighted by Crippen LogP contribution is -2.44. The monoisotopic (exact) mass is 183 g/mol. The van der Waals surface area contributed by atoms with Crippen LogP contribution < -0.4 is 5.32 Å². The van der Waals surface area contributed by atoms with Crippen LogP contribution in [0.15, 0.2) is 0 Å². The first-order valence-corrected chi connectivity index (χ1v) is 5.16. The van der Waals surface area contributed by atoms with Crippen molar-refractivity contribution < 1.29 is 9.90 Å². The minimum absolute atomic E-state index is 0.114. The van der Waals surface area contributed by atoms with Crippen LogP contribution in [-0.4, -0.2) is 23.2 Å². The van der Waals surface area contributed by atoms with Gasteiger partial charge in [-0.05, 0) is 38.0 Å². The average Bonchev–Trinajstić information content (AvgIpc) is 2.49. The Kier molecular flexibility index (Phi) is 2.28. The first-order valence-electron chi connectivity index (χ1n) is 5.16. The summed E-state index contributed by atoms with van der Waals surface area (Å²) >= 11 is 0. The van der Waals surface area contributed by atoms with Gasteiger partial charge in [0.2, 0.25) is 5.91 Å². The van der Waals surface area contributed by atoms with Gasteiger partial charge in [-0.1, -0.05) is 0 Å². The highest BCUT2D eigenvalue weighted by Gasteiger charge is 2.40. The molecule has 2 rings (SSSR count). The Bertz CT molecular complexity index is 207. The van der Waals surface area contributed by atoms with Gasteiger partial charge in [0.1, 0.15) is 0 Å². The molecule has 1 amide bonds. The maximum absolute atomic E-state index is 11.1. The van der Waals surface area contributed by atoms with E-state index in [1.807, 2.05) is 0 Å². The lowest BCUT2D eigenvalue weighted by molar-refractivity contribution is -0.120. The first kappa shape index (κ1) is 9.00. The van der Waals surface area contributed by atoms with E-state index in [4.69, 9.17) is 5.11 Å². The molecule has 0 unspecified atom stereocenters. The van der Waals surface area contributed by atoms with Crippen molar-refractivity contribution in [3.05, 3.63) is 0 Å². The fraction of sp³-hybridized carbons (Fsp3) is 0.900. The van der Waals surface area contributed by atoms with Gasteiger partial charge in [0, 0.05) is 18.6 Å². The lowest BCUT2D eigenvalue weighted by atomic mass is 9.76. The summed E-state index contributed by atoms with van der Waals surface area (Å²) < 4.78 is 0. The molecule has 0 atom stereocenters. The summed E-state index contributed by atoms with van der Waals surface area (Å²) in [6.07, 6.45) is 5.95. The van der Waals surface area contributed by atoms with Crippen LogP contribution in [-0.2, 0) is 4.79 Å². The van der Waals surface area contributed by atoms with Crippen LogP contribution in [0.4, 0.5) is 0 Å². The predicted molar refractivity (Wildman–Crippen MR) is 49.2 cm³/mol. The Balaban J connectivity index is 1.93. The molecule has 2 N–H and O–H groups in total. The second kappa shape index (κ2) is 3.29. The van der Waals surface area contributed by atoms with E-state index >= 15 is 0 Å². The minimum Gasteiger partial charge on any atom is -0.396 e. The second-order valence-corrected chi connectivity index (χ2v) is 4.45. The predicted octanol–water partition coefficient (Wildman–Crippen LogP) is 0.818. The molecule has 1 saturated carbocycles. The highest BCUT2D eigenvalue weighted by molar-refractivity contribution is 5.79. The van der Waals surface area contributed by atoms with E-state index in [0.29, 0.717) is 18.9 Å². The first-order chi connectivity index (χ1) is 6.24. The minimum atomic E-state index is 0.114. The van der Waals surface area contributed by atoms with Gasteiger partial charge in [-0.15, -0.1) is 0 Å². The van der Waals surface area contributed by atoms with Crippen LogP contribution in [0.5, 0.6) is 0 Å². The summed E-state index contributed by atoms with van der Waals surface area (Å²) in [6.45, 7) is 0.310. The van der Waals surface area contributed by atoms with Gasteiger partial charge in [-0.2, -0.15) is 0 Å². The number of carbonyl (C=O) groups excluding carboxylic acids is 1. The molecule has 1 heterocycles. The molecule has 13 heavy (non-hydrogen) atoms. The van der Waals surface area contributed by atoms with Gasteiger partial charge in [-0.25, -0.2) is 0 Å². The van der Waals surface area contributed by atoms with E-state index in [2.05, 4.69) is 5.32 Å². The van der Waals surface area contributed by atoms with E-state index in [-0.39, 0.29) is 11.4 Å². The third-order valence-corrected chi connectivity index (χ3v) is 3.56. The smallest absolute Gasteiger partial charge is 0.220 e. The summed E-state index contributed by atoms with van der Waals surface area (Å²) in [6, 6.07) is 0. The number of amides is 1. The maximum atomic E-state index is 11.1. The van der Waals surface area contributed by atoms with Crippen LogP contribution in [0.1, 0.15) is 38.5 Å². The molecule has 3 nitrogen and oxygen atoms in total. The Morgan fingerprint density at radius 3 is 2.54 bits per heavy atom. The number of nitrogens with one attached hydrogen (secondary N) is 1. The van der Waals surface area contributed by atoms with Crippen LogP contribution >= 0.6 is 0 Å². The van der Waals surface area contributed by atoms with Crippen molar-refractivity contribution in [1.82, 2.24) is 5.32 Å². The lowest BCUT2D eigenvalue weighted by Gasteiger charge is -2.36. The molecule has 0 radical (unpaired) electrons. The molecule has 0 aromatic rings. The van der Waals surface area contributed by atoms with E-state index in [9.17, 15) is 4.79 Å². The largest absolute Gasteiger partial charge is 0.396 e. The molecular formula is C10H17NO2. The van der Waals surface area contributed by atoms with E-state index in [0.717, 1.165) is 32.1 Å². The fourth-order valence-corrected chi connectivity index (χ4v) is 2.56. The summed E-state index contributed by atoms with van der Waals surface area (Å²) in [5.41, 5.74) is 0.114.